The minimum atomic E-state index is -0.307. The third kappa shape index (κ3) is 2.68. The van der Waals surface area contributed by atoms with Crippen LogP contribution in [0.1, 0.15) is 11.1 Å². The van der Waals surface area contributed by atoms with Gasteiger partial charge in [-0.3, -0.25) is 0 Å². The third-order valence-electron chi connectivity index (χ3n) is 3.36. The second-order valence-electron chi connectivity index (χ2n) is 4.75. The molecular weight excluding hydrogens is 261 g/mol. The number of fused-ring (bicyclic) bond motifs is 1. The molecule has 1 nitrogen and oxygen atoms in total. The number of nitrogens with zero attached hydrogens (tertiary/aromatic N) is 1. The number of hydrogen-bond acceptors (Lipinski definition) is 1. The van der Waals surface area contributed by atoms with Crippen molar-refractivity contribution in [2.75, 3.05) is 0 Å². The van der Waals surface area contributed by atoms with E-state index in [0.717, 1.165) is 16.3 Å². The summed E-state index contributed by atoms with van der Waals surface area (Å²) in [6.07, 6.45) is 1.71. The maximum Gasteiger partial charge on any atom is 0.123 e. The molecule has 0 aliphatic heterocycles. The smallest absolute Gasteiger partial charge is 0.123 e. The van der Waals surface area contributed by atoms with Crippen LogP contribution in [0.3, 0.4) is 0 Å². The molecule has 0 heterocycles. The highest BCUT2D eigenvalue weighted by atomic mass is 19.1. The Hall–Kier alpha value is -2.92. The van der Waals surface area contributed by atoms with Gasteiger partial charge in [0.15, 0.2) is 0 Å². The Morgan fingerprint density at radius 1 is 0.952 bits per heavy atom. The molecule has 0 fully saturated rings. The fraction of sp³-hybridized carbons (Fsp3) is 0. The number of rotatable bonds is 2. The first kappa shape index (κ1) is 13.1. The summed E-state index contributed by atoms with van der Waals surface area (Å²) in [6, 6.07) is 22.2. The van der Waals surface area contributed by atoms with E-state index in [2.05, 4.69) is 6.07 Å². The summed E-state index contributed by atoms with van der Waals surface area (Å²) in [5, 5.41) is 11.6. The molecule has 0 bridgehead atoms. The molecule has 3 aromatic rings. The monoisotopic (exact) mass is 273 g/mol. The van der Waals surface area contributed by atoms with E-state index in [1.807, 2.05) is 42.5 Å². The Morgan fingerprint density at radius 2 is 1.71 bits per heavy atom. The predicted molar refractivity (Wildman–Crippen MR) is 83.8 cm³/mol. The van der Waals surface area contributed by atoms with Crippen LogP contribution in [0.4, 0.5) is 4.39 Å². The van der Waals surface area contributed by atoms with Crippen molar-refractivity contribution in [3.8, 4) is 6.07 Å². The summed E-state index contributed by atoms with van der Waals surface area (Å²) < 4.78 is 13.3. The second kappa shape index (κ2) is 5.60. The van der Waals surface area contributed by atoms with Crippen LogP contribution < -0.4 is 0 Å². The molecule has 0 saturated carbocycles. The van der Waals surface area contributed by atoms with Crippen LogP contribution in [-0.4, -0.2) is 0 Å². The van der Waals surface area contributed by atoms with Crippen molar-refractivity contribution in [3.05, 3.63) is 83.7 Å². The zero-order valence-electron chi connectivity index (χ0n) is 11.3. The Bertz CT molecular complexity index is 867. The van der Waals surface area contributed by atoms with Crippen LogP contribution >= 0.6 is 0 Å². The average molecular weight is 273 g/mol. The fourth-order valence-corrected chi connectivity index (χ4v) is 2.39. The van der Waals surface area contributed by atoms with Gasteiger partial charge in [-0.05, 0) is 34.5 Å². The lowest BCUT2D eigenvalue weighted by Crippen LogP contribution is -1.85. The first-order valence-electron chi connectivity index (χ1n) is 6.63. The molecule has 2 heteroatoms. The molecule has 0 aliphatic carbocycles. The summed E-state index contributed by atoms with van der Waals surface area (Å²) in [7, 11) is 0. The molecule has 0 atom stereocenters. The lowest BCUT2D eigenvalue weighted by atomic mass is 9.97. The second-order valence-corrected chi connectivity index (χ2v) is 4.75. The molecule has 0 aliphatic rings. The Kier molecular flexibility index (Phi) is 3.49. The van der Waals surface area contributed by atoms with Crippen molar-refractivity contribution < 1.29 is 4.39 Å². The normalized spacial score (nSPS) is 11.3. The highest BCUT2D eigenvalue weighted by Gasteiger charge is 2.06. The average Bonchev–Trinajstić information content (AvgIpc) is 2.52. The lowest BCUT2D eigenvalue weighted by molar-refractivity contribution is 0.627. The maximum absolute atomic E-state index is 13.3. The van der Waals surface area contributed by atoms with Crippen LogP contribution in [0.2, 0.25) is 0 Å². The van der Waals surface area contributed by atoms with Crippen LogP contribution in [0.15, 0.2) is 66.7 Å². The van der Waals surface area contributed by atoms with Crippen LogP contribution in [0.5, 0.6) is 0 Å². The summed E-state index contributed by atoms with van der Waals surface area (Å²) in [5.74, 6) is -0.307. The zero-order valence-corrected chi connectivity index (χ0v) is 11.3. The lowest BCUT2D eigenvalue weighted by Gasteiger charge is -2.05. The van der Waals surface area contributed by atoms with Gasteiger partial charge in [-0.2, -0.15) is 5.26 Å². The van der Waals surface area contributed by atoms with Gasteiger partial charge < -0.3 is 0 Å². The number of hydrogen-bond donors (Lipinski definition) is 0. The molecule has 0 saturated heterocycles. The van der Waals surface area contributed by atoms with E-state index < -0.39 is 0 Å². The Balaban J connectivity index is 2.17. The maximum atomic E-state index is 13.3. The first-order chi connectivity index (χ1) is 10.3. The van der Waals surface area contributed by atoms with E-state index in [9.17, 15) is 9.65 Å². The molecule has 0 aromatic heterocycles. The molecule has 0 N–H and O–H groups in total. The molecule has 3 rings (SSSR count). The molecule has 21 heavy (non-hydrogen) atoms. The van der Waals surface area contributed by atoms with Crippen LogP contribution in [0, 0.1) is 17.1 Å². The third-order valence-corrected chi connectivity index (χ3v) is 3.36. The molecule has 3 aromatic carbocycles. The van der Waals surface area contributed by atoms with E-state index in [4.69, 9.17) is 0 Å². The number of allylic oxidation sites excluding steroid dienone is 1. The first-order valence-corrected chi connectivity index (χ1v) is 6.63. The topological polar surface area (TPSA) is 23.8 Å². The van der Waals surface area contributed by atoms with Gasteiger partial charge in [-0.1, -0.05) is 54.6 Å². The summed E-state index contributed by atoms with van der Waals surface area (Å²) >= 11 is 0. The van der Waals surface area contributed by atoms with Gasteiger partial charge in [0, 0.05) is 5.56 Å². The quantitative estimate of drug-likeness (QED) is 0.474. The van der Waals surface area contributed by atoms with Gasteiger partial charge in [-0.15, -0.1) is 0 Å². The zero-order chi connectivity index (χ0) is 14.7. The predicted octanol–water partition coefficient (Wildman–Crippen LogP) is 5.04. The SMILES string of the molecule is N#C/C(=C/c1cccc(F)c1)c1cccc2ccccc12. The minimum absolute atomic E-state index is 0.307. The molecule has 0 radical (unpaired) electrons. The minimum Gasteiger partial charge on any atom is -0.207 e. The number of benzene rings is 3. The van der Waals surface area contributed by atoms with Gasteiger partial charge in [0.2, 0.25) is 0 Å². The van der Waals surface area contributed by atoms with E-state index in [0.29, 0.717) is 11.1 Å². The van der Waals surface area contributed by atoms with Crippen molar-refractivity contribution >= 4 is 22.4 Å². The van der Waals surface area contributed by atoms with Crippen molar-refractivity contribution in [1.29, 1.82) is 5.26 Å². The largest absolute Gasteiger partial charge is 0.207 e. The van der Waals surface area contributed by atoms with Gasteiger partial charge >= 0.3 is 0 Å². The van der Waals surface area contributed by atoms with Crippen molar-refractivity contribution in [1.82, 2.24) is 0 Å². The Labute approximate surface area is 122 Å². The fourth-order valence-electron chi connectivity index (χ4n) is 2.39. The Morgan fingerprint density at radius 3 is 2.52 bits per heavy atom. The van der Waals surface area contributed by atoms with E-state index in [-0.39, 0.29) is 5.82 Å². The van der Waals surface area contributed by atoms with E-state index >= 15 is 0 Å². The molecular formula is C19H12FN. The number of halogens is 1. The van der Waals surface area contributed by atoms with Crippen LogP contribution in [-0.2, 0) is 0 Å². The van der Waals surface area contributed by atoms with Crippen molar-refractivity contribution in [2.45, 2.75) is 0 Å². The van der Waals surface area contributed by atoms with Crippen molar-refractivity contribution in [2.24, 2.45) is 0 Å². The van der Waals surface area contributed by atoms with E-state index in [1.165, 1.54) is 12.1 Å². The molecule has 100 valence electrons. The molecule has 0 spiro atoms. The van der Waals surface area contributed by atoms with Gasteiger partial charge in [-0.25, -0.2) is 4.39 Å². The van der Waals surface area contributed by atoms with Crippen molar-refractivity contribution in [3.63, 3.8) is 0 Å². The summed E-state index contributed by atoms with van der Waals surface area (Å²) in [6.45, 7) is 0. The highest BCUT2D eigenvalue weighted by Crippen LogP contribution is 2.26. The van der Waals surface area contributed by atoms with Gasteiger partial charge in [0.1, 0.15) is 5.82 Å². The summed E-state index contributed by atoms with van der Waals surface area (Å²) in [5.41, 5.74) is 2.07. The van der Waals surface area contributed by atoms with Gasteiger partial charge in [0.25, 0.3) is 0 Å². The van der Waals surface area contributed by atoms with Gasteiger partial charge in [0.05, 0.1) is 11.6 Å². The summed E-state index contributed by atoms with van der Waals surface area (Å²) in [4.78, 5) is 0. The van der Waals surface area contributed by atoms with E-state index in [1.54, 1.807) is 18.2 Å². The standard InChI is InChI=1S/C19H12FN/c20-17-8-3-5-14(12-17)11-16(13-21)19-10-4-7-15-6-1-2-9-18(15)19/h1-12H/b16-11-. The molecule has 0 unspecified atom stereocenters. The highest BCUT2D eigenvalue weighted by molar-refractivity contribution is 6.01. The number of nitriles is 1. The van der Waals surface area contributed by atoms with Crippen LogP contribution in [0.25, 0.3) is 22.4 Å². The molecule has 0 amide bonds.